The number of nitrogens with one attached hydrogen (secondary N) is 2. The van der Waals surface area contributed by atoms with Crippen molar-refractivity contribution in [2.45, 2.75) is 91.6 Å². The fraction of sp³-hybridized carbons (Fsp3) is 0.643. The van der Waals surface area contributed by atoms with Crippen LogP contribution in [0.15, 0.2) is 42.5 Å². The Morgan fingerprint density at radius 3 is 2.37 bits per heavy atom. The Morgan fingerprint density at radius 2 is 1.80 bits per heavy atom. The van der Waals surface area contributed by atoms with Crippen LogP contribution in [0.3, 0.4) is 0 Å². The van der Waals surface area contributed by atoms with Crippen LogP contribution in [0.1, 0.15) is 72.8 Å². The first-order chi connectivity index (χ1) is 16.4. The van der Waals surface area contributed by atoms with Gasteiger partial charge in [-0.2, -0.15) is 0 Å². The van der Waals surface area contributed by atoms with Crippen LogP contribution >= 0.6 is 0 Å². The highest BCUT2D eigenvalue weighted by Gasteiger charge is 2.30. The summed E-state index contributed by atoms with van der Waals surface area (Å²) >= 11 is 0. The van der Waals surface area contributed by atoms with Crippen LogP contribution < -0.4 is 10.6 Å². The zero-order valence-corrected chi connectivity index (χ0v) is 22.4. The molecule has 1 unspecified atom stereocenters. The number of carbonyl (C=O) groups is 2. The molecule has 0 aromatic heterocycles. The first-order valence-electron chi connectivity index (χ1n) is 12.7. The van der Waals surface area contributed by atoms with Crippen LogP contribution in [0.5, 0.6) is 0 Å². The van der Waals surface area contributed by atoms with Gasteiger partial charge in [-0.05, 0) is 51.0 Å². The molecule has 2 amide bonds. The van der Waals surface area contributed by atoms with E-state index in [0.29, 0.717) is 26.2 Å². The molecule has 0 aliphatic carbocycles. The Labute approximate surface area is 211 Å². The van der Waals surface area contributed by atoms with Crippen LogP contribution in [0.25, 0.3) is 0 Å². The van der Waals surface area contributed by atoms with E-state index in [1.807, 2.05) is 37.3 Å². The Hall–Kier alpha value is -2.38. The molecular weight excluding hydrogens is 444 g/mol. The van der Waals surface area contributed by atoms with Gasteiger partial charge in [0.05, 0.1) is 25.4 Å². The number of unbranched alkanes of at least 4 members (excludes halogenated alkanes) is 1. The van der Waals surface area contributed by atoms with E-state index in [1.54, 1.807) is 20.8 Å². The van der Waals surface area contributed by atoms with Gasteiger partial charge in [0, 0.05) is 18.5 Å². The van der Waals surface area contributed by atoms with Gasteiger partial charge in [-0.3, -0.25) is 4.79 Å². The lowest BCUT2D eigenvalue weighted by atomic mass is 9.86. The van der Waals surface area contributed by atoms with Gasteiger partial charge in [-0.1, -0.05) is 64.1 Å². The molecule has 1 aromatic carbocycles. The molecule has 0 fully saturated rings. The highest BCUT2D eigenvalue weighted by molar-refractivity contribution is 5.92. The molecule has 1 rings (SSSR count). The Kier molecular flexibility index (Phi) is 13.6. The molecule has 3 atom stereocenters. The molecule has 0 aliphatic heterocycles. The first kappa shape index (κ1) is 30.7. The topological polar surface area (TPSA) is 96.9 Å². The molecule has 3 N–H and O–H groups in total. The molecule has 0 heterocycles. The normalized spacial score (nSPS) is 14.2. The standard InChI is InChI=1S/C28H46N2O5/c1-8-9-15-29-26(32)21(4)16-25(31)24(30-27(33)35-28(5,6)7)17-23(20(2)3)19-34-18-22-13-11-10-12-14-22/h10-14,20,23-25,31H,4,8-9,15-19H2,1-3,5-7H3,(H,29,32)(H,30,33)/t23?,24-,25-/m0/s1. The maximum Gasteiger partial charge on any atom is 0.407 e. The number of amides is 2. The summed E-state index contributed by atoms with van der Waals surface area (Å²) in [5.74, 6) is 0.0431. The SMILES string of the molecule is C=C(C[C@H](O)[C@H](CC(COCc1ccccc1)C(C)C)NC(=O)OC(C)(C)C)C(=O)NCCCC. The van der Waals surface area contributed by atoms with E-state index < -0.39 is 23.8 Å². The Morgan fingerprint density at radius 1 is 1.14 bits per heavy atom. The van der Waals surface area contributed by atoms with Crippen molar-refractivity contribution in [1.82, 2.24) is 10.6 Å². The minimum Gasteiger partial charge on any atom is -0.444 e. The third-order valence-electron chi connectivity index (χ3n) is 5.70. The third-order valence-corrected chi connectivity index (χ3v) is 5.70. The second-order valence-electron chi connectivity index (χ2n) is 10.5. The van der Waals surface area contributed by atoms with Crippen molar-refractivity contribution in [3.05, 3.63) is 48.0 Å². The van der Waals surface area contributed by atoms with Crippen LogP contribution in [0.2, 0.25) is 0 Å². The summed E-state index contributed by atoms with van der Waals surface area (Å²) in [5, 5.41) is 16.7. The molecule has 7 nitrogen and oxygen atoms in total. The average Bonchev–Trinajstić information content (AvgIpc) is 2.77. The number of aliphatic hydroxyl groups excluding tert-OH is 1. The van der Waals surface area contributed by atoms with Crippen LogP contribution in [0, 0.1) is 11.8 Å². The van der Waals surface area contributed by atoms with Crippen molar-refractivity contribution >= 4 is 12.0 Å². The van der Waals surface area contributed by atoms with E-state index in [9.17, 15) is 14.7 Å². The summed E-state index contributed by atoms with van der Waals surface area (Å²) in [4.78, 5) is 24.9. The van der Waals surface area contributed by atoms with Gasteiger partial charge in [0.25, 0.3) is 0 Å². The van der Waals surface area contributed by atoms with Crippen molar-refractivity contribution in [3.8, 4) is 0 Å². The van der Waals surface area contributed by atoms with Crippen LogP contribution in [-0.4, -0.2) is 48.0 Å². The molecule has 1 aromatic rings. The number of rotatable bonds is 15. The molecule has 7 heteroatoms. The predicted molar refractivity (Wildman–Crippen MR) is 140 cm³/mol. The van der Waals surface area contributed by atoms with E-state index in [-0.39, 0.29) is 29.7 Å². The zero-order chi connectivity index (χ0) is 26.4. The molecule has 0 aliphatic rings. The number of hydrogen-bond donors (Lipinski definition) is 3. The van der Waals surface area contributed by atoms with E-state index in [2.05, 4.69) is 31.1 Å². The van der Waals surface area contributed by atoms with Gasteiger partial charge >= 0.3 is 6.09 Å². The van der Waals surface area contributed by atoms with Crippen molar-refractivity contribution in [3.63, 3.8) is 0 Å². The largest absolute Gasteiger partial charge is 0.444 e. The monoisotopic (exact) mass is 490 g/mol. The van der Waals surface area contributed by atoms with Crippen molar-refractivity contribution < 1.29 is 24.2 Å². The summed E-state index contributed by atoms with van der Waals surface area (Å²) in [6, 6.07) is 9.31. The quantitative estimate of drug-likeness (QED) is 0.238. The molecule has 198 valence electrons. The summed E-state index contributed by atoms with van der Waals surface area (Å²) in [6.07, 6.45) is 0.768. The number of benzene rings is 1. The van der Waals surface area contributed by atoms with Gasteiger partial charge in [0.15, 0.2) is 0 Å². The minimum atomic E-state index is -0.998. The minimum absolute atomic E-state index is 0.0497. The zero-order valence-electron chi connectivity index (χ0n) is 22.4. The van der Waals surface area contributed by atoms with Crippen LogP contribution in [-0.2, 0) is 20.9 Å². The van der Waals surface area contributed by atoms with Gasteiger partial charge in [0.1, 0.15) is 5.60 Å². The molecule has 35 heavy (non-hydrogen) atoms. The van der Waals surface area contributed by atoms with E-state index in [0.717, 1.165) is 18.4 Å². The maximum absolute atomic E-state index is 12.5. The summed E-state index contributed by atoms with van der Waals surface area (Å²) in [7, 11) is 0. The van der Waals surface area contributed by atoms with Crippen molar-refractivity contribution in [2.24, 2.45) is 11.8 Å². The number of alkyl carbamates (subject to hydrolysis) is 1. The van der Waals surface area contributed by atoms with Gasteiger partial charge in [0.2, 0.25) is 5.91 Å². The predicted octanol–water partition coefficient (Wildman–Crippen LogP) is 4.98. The average molecular weight is 491 g/mol. The molecular formula is C28H46N2O5. The fourth-order valence-electron chi connectivity index (χ4n) is 3.52. The lowest BCUT2D eigenvalue weighted by molar-refractivity contribution is -0.117. The smallest absolute Gasteiger partial charge is 0.407 e. The third kappa shape index (κ3) is 13.3. The molecule has 0 spiro atoms. The summed E-state index contributed by atoms with van der Waals surface area (Å²) in [6.45, 7) is 17.0. The van der Waals surface area contributed by atoms with E-state index >= 15 is 0 Å². The lowest BCUT2D eigenvalue weighted by Gasteiger charge is -2.31. The molecule has 0 saturated carbocycles. The summed E-state index contributed by atoms with van der Waals surface area (Å²) < 4.78 is 11.4. The first-order valence-corrected chi connectivity index (χ1v) is 12.7. The highest BCUT2D eigenvalue weighted by Crippen LogP contribution is 2.22. The van der Waals surface area contributed by atoms with Gasteiger partial charge in [-0.25, -0.2) is 4.79 Å². The second-order valence-corrected chi connectivity index (χ2v) is 10.5. The van der Waals surface area contributed by atoms with Gasteiger partial charge < -0.3 is 25.2 Å². The van der Waals surface area contributed by atoms with E-state index in [1.165, 1.54) is 0 Å². The fourth-order valence-corrected chi connectivity index (χ4v) is 3.52. The molecule has 0 saturated heterocycles. The number of aliphatic hydroxyl groups is 1. The highest BCUT2D eigenvalue weighted by atomic mass is 16.6. The molecule has 0 radical (unpaired) electrons. The summed E-state index contributed by atoms with van der Waals surface area (Å²) in [5.41, 5.74) is 0.702. The van der Waals surface area contributed by atoms with Gasteiger partial charge in [-0.15, -0.1) is 0 Å². The number of hydrogen-bond acceptors (Lipinski definition) is 5. The maximum atomic E-state index is 12.5. The lowest BCUT2D eigenvalue weighted by Crippen LogP contribution is -2.47. The van der Waals surface area contributed by atoms with Crippen LogP contribution in [0.4, 0.5) is 4.79 Å². The number of carbonyl (C=O) groups excluding carboxylic acids is 2. The second kappa shape index (κ2) is 15.6. The Balaban J connectivity index is 2.85. The molecule has 0 bridgehead atoms. The van der Waals surface area contributed by atoms with Crippen molar-refractivity contribution in [2.75, 3.05) is 13.2 Å². The Bertz CT molecular complexity index is 773. The number of ether oxygens (including phenoxy) is 2. The van der Waals surface area contributed by atoms with Crippen molar-refractivity contribution in [1.29, 1.82) is 0 Å². The van der Waals surface area contributed by atoms with E-state index in [4.69, 9.17) is 9.47 Å².